The van der Waals surface area contributed by atoms with Crippen LogP contribution in [0.2, 0.25) is 0 Å². The number of H-pyrrole nitrogens is 1. The molecule has 0 radical (unpaired) electrons. The Balaban J connectivity index is 1.73. The summed E-state index contributed by atoms with van der Waals surface area (Å²) < 4.78 is 0. The van der Waals surface area contributed by atoms with Crippen molar-refractivity contribution in [2.45, 2.75) is 0 Å². The van der Waals surface area contributed by atoms with Crippen LogP contribution in [-0.2, 0) is 0 Å². The Morgan fingerprint density at radius 2 is 2.00 bits per heavy atom. The molecule has 2 N–H and O–H groups in total. The van der Waals surface area contributed by atoms with E-state index in [1.807, 2.05) is 6.20 Å². The van der Waals surface area contributed by atoms with Gasteiger partial charge < -0.3 is 15.2 Å². The van der Waals surface area contributed by atoms with Crippen molar-refractivity contribution in [2.75, 3.05) is 31.1 Å². The van der Waals surface area contributed by atoms with E-state index in [1.54, 1.807) is 6.33 Å². The highest BCUT2D eigenvalue weighted by Crippen LogP contribution is 2.32. The molecule has 4 heterocycles. The smallest absolute Gasteiger partial charge is 0.142 e. The van der Waals surface area contributed by atoms with Crippen molar-refractivity contribution < 1.29 is 0 Å². The minimum atomic E-state index is 0.791. The van der Waals surface area contributed by atoms with E-state index in [-0.39, 0.29) is 0 Å². The van der Waals surface area contributed by atoms with Gasteiger partial charge in [-0.05, 0) is 17.9 Å². The number of nitrogens with one attached hydrogen (secondary N) is 2. The molecule has 0 bridgehead atoms. The Morgan fingerprint density at radius 3 is 2.82 bits per heavy atom. The first-order chi connectivity index (χ1) is 8.42. The summed E-state index contributed by atoms with van der Waals surface area (Å²) in [5.41, 5.74) is 0.935. The molecule has 2 aromatic rings. The Labute approximate surface area is 99.2 Å². The number of hydrogen-bond donors (Lipinski definition) is 2. The van der Waals surface area contributed by atoms with Crippen LogP contribution in [0.15, 0.2) is 18.6 Å². The maximum absolute atomic E-state index is 4.46. The predicted molar refractivity (Wildman–Crippen MR) is 66.0 cm³/mol. The largest absolute Gasteiger partial charge is 0.355 e. The predicted octanol–water partition coefficient (Wildman–Crippen LogP) is 0.613. The van der Waals surface area contributed by atoms with Crippen LogP contribution < -0.4 is 10.2 Å². The Hall–Kier alpha value is -1.62. The standard InChI is InChI=1S/C12H15N5/c1-2-14-11-10(1)12(16-7-15-11)17-5-8-3-13-4-9(8)6-17/h1-2,7-9,13H,3-6H2,(H,14,15,16)/t8-,9+. The average Bonchev–Trinajstić information content (AvgIpc) is 3.02. The summed E-state index contributed by atoms with van der Waals surface area (Å²) in [4.78, 5) is 14.3. The van der Waals surface area contributed by atoms with Crippen LogP contribution in [0.3, 0.4) is 0 Å². The molecule has 2 atom stereocenters. The number of rotatable bonds is 1. The van der Waals surface area contributed by atoms with Crippen LogP contribution >= 0.6 is 0 Å². The third-order valence-electron chi connectivity index (χ3n) is 4.02. The van der Waals surface area contributed by atoms with Gasteiger partial charge in [0.05, 0.1) is 5.39 Å². The molecule has 4 rings (SSSR count). The normalized spacial score (nSPS) is 27.9. The van der Waals surface area contributed by atoms with Crippen molar-refractivity contribution in [1.29, 1.82) is 0 Å². The van der Waals surface area contributed by atoms with Crippen molar-refractivity contribution in [1.82, 2.24) is 20.3 Å². The fourth-order valence-electron chi connectivity index (χ4n) is 3.14. The lowest BCUT2D eigenvalue weighted by atomic mass is 10.0. The highest BCUT2D eigenvalue weighted by atomic mass is 15.2. The molecule has 2 aliphatic heterocycles. The fourth-order valence-corrected chi connectivity index (χ4v) is 3.14. The quantitative estimate of drug-likeness (QED) is 0.752. The number of fused-ring (bicyclic) bond motifs is 2. The van der Waals surface area contributed by atoms with Gasteiger partial charge in [-0.15, -0.1) is 0 Å². The zero-order valence-corrected chi connectivity index (χ0v) is 9.56. The van der Waals surface area contributed by atoms with E-state index in [1.165, 1.54) is 0 Å². The van der Waals surface area contributed by atoms with Gasteiger partial charge in [0.15, 0.2) is 0 Å². The molecule has 17 heavy (non-hydrogen) atoms. The van der Waals surface area contributed by atoms with E-state index >= 15 is 0 Å². The fraction of sp³-hybridized carbons (Fsp3) is 0.500. The molecule has 0 aliphatic carbocycles. The maximum atomic E-state index is 4.46. The molecule has 2 saturated heterocycles. The molecule has 5 heteroatoms. The van der Waals surface area contributed by atoms with Gasteiger partial charge >= 0.3 is 0 Å². The van der Waals surface area contributed by atoms with Gasteiger partial charge in [0.1, 0.15) is 17.8 Å². The molecule has 88 valence electrons. The van der Waals surface area contributed by atoms with Crippen LogP contribution in [0, 0.1) is 11.8 Å². The lowest BCUT2D eigenvalue weighted by Gasteiger charge is -2.18. The second-order valence-electron chi connectivity index (χ2n) is 5.02. The highest BCUT2D eigenvalue weighted by Gasteiger charge is 2.37. The summed E-state index contributed by atoms with van der Waals surface area (Å²) in [7, 11) is 0. The number of hydrogen-bond acceptors (Lipinski definition) is 4. The third-order valence-corrected chi connectivity index (χ3v) is 4.02. The lowest BCUT2D eigenvalue weighted by Crippen LogP contribution is -2.26. The Kier molecular flexibility index (Phi) is 1.90. The molecule has 5 nitrogen and oxygen atoms in total. The molecule has 0 amide bonds. The zero-order valence-electron chi connectivity index (χ0n) is 9.56. The number of anilines is 1. The van der Waals surface area contributed by atoms with Crippen LogP contribution in [0.25, 0.3) is 11.0 Å². The van der Waals surface area contributed by atoms with Crippen molar-refractivity contribution in [3.8, 4) is 0 Å². The summed E-state index contributed by atoms with van der Waals surface area (Å²) in [5.74, 6) is 2.67. The minimum Gasteiger partial charge on any atom is -0.355 e. The van der Waals surface area contributed by atoms with Crippen molar-refractivity contribution in [3.63, 3.8) is 0 Å². The lowest BCUT2D eigenvalue weighted by molar-refractivity contribution is 0.533. The molecule has 2 fully saturated rings. The van der Waals surface area contributed by atoms with Gasteiger partial charge in [0.25, 0.3) is 0 Å². The summed E-state index contributed by atoms with van der Waals surface area (Å²) in [6.45, 7) is 4.55. The van der Waals surface area contributed by atoms with Crippen LogP contribution in [0.1, 0.15) is 0 Å². The number of aromatic nitrogens is 3. The third kappa shape index (κ3) is 1.35. The van der Waals surface area contributed by atoms with Crippen LogP contribution in [0.5, 0.6) is 0 Å². The Morgan fingerprint density at radius 1 is 1.18 bits per heavy atom. The molecular formula is C12H15N5. The van der Waals surface area contributed by atoms with Gasteiger partial charge in [0, 0.05) is 32.4 Å². The second-order valence-corrected chi connectivity index (χ2v) is 5.02. The van der Waals surface area contributed by atoms with Crippen LogP contribution in [0.4, 0.5) is 5.82 Å². The van der Waals surface area contributed by atoms with E-state index in [0.29, 0.717) is 0 Å². The van der Waals surface area contributed by atoms with Gasteiger partial charge in [0.2, 0.25) is 0 Å². The monoisotopic (exact) mass is 229 g/mol. The van der Waals surface area contributed by atoms with Crippen molar-refractivity contribution in [3.05, 3.63) is 18.6 Å². The molecular weight excluding hydrogens is 214 g/mol. The van der Waals surface area contributed by atoms with Gasteiger partial charge in [-0.25, -0.2) is 9.97 Å². The minimum absolute atomic E-state index is 0.791. The number of aromatic amines is 1. The van der Waals surface area contributed by atoms with Gasteiger partial charge in [-0.3, -0.25) is 0 Å². The Bertz CT molecular complexity index is 537. The average molecular weight is 229 g/mol. The molecule has 2 aliphatic rings. The molecule has 2 aromatic heterocycles. The maximum Gasteiger partial charge on any atom is 0.142 e. The first-order valence-corrected chi connectivity index (χ1v) is 6.15. The molecule has 0 spiro atoms. The van der Waals surface area contributed by atoms with Gasteiger partial charge in [-0.2, -0.15) is 0 Å². The van der Waals surface area contributed by atoms with Gasteiger partial charge in [-0.1, -0.05) is 0 Å². The summed E-state index contributed by atoms with van der Waals surface area (Å²) in [5, 5.41) is 4.60. The SMILES string of the molecule is c1nc(N2C[C@H]3CNC[C@H]3C2)c2cc[nH]c2n1. The molecule has 0 unspecified atom stereocenters. The second kappa shape index (κ2) is 3.43. The van der Waals surface area contributed by atoms with Crippen molar-refractivity contribution in [2.24, 2.45) is 11.8 Å². The van der Waals surface area contributed by atoms with E-state index in [0.717, 1.165) is 54.9 Å². The van der Waals surface area contributed by atoms with E-state index in [9.17, 15) is 0 Å². The summed E-state index contributed by atoms with van der Waals surface area (Å²) in [6, 6.07) is 2.07. The van der Waals surface area contributed by atoms with E-state index in [4.69, 9.17) is 0 Å². The van der Waals surface area contributed by atoms with Crippen molar-refractivity contribution >= 4 is 16.9 Å². The molecule has 0 aromatic carbocycles. The van der Waals surface area contributed by atoms with Crippen LogP contribution in [-0.4, -0.2) is 41.1 Å². The number of nitrogens with zero attached hydrogens (tertiary/aromatic N) is 3. The molecule has 0 saturated carbocycles. The summed E-state index contributed by atoms with van der Waals surface area (Å²) in [6.07, 6.45) is 3.59. The topological polar surface area (TPSA) is 56.8 Å². The first-order valence-electron chi connectivity index (χ1n) is 6.15. The van der Waals surface area contributed by atoms with E-state index in [2.05, 4.69) is 31.2 Å². The highest BCUT2D eigenvalue weighted by molar-refractivity contribution is 5.87. The first kappa shape index (κ1) is 9.41. The van der Waals surface area contributed by atoms with E-state index < -0.39 is 0 Å². The zero-order chi connectivity index (χ0) is 11.2. The summed E-state index contributed by atoms with van der Waals surface area (Å²) >= 11 is 0.